The minimum Gasteiger partial charge on any atom is -0.346 e. The third-order valence-electron chi connectivity index (χ3n) is 4.02. The molecular weight excluding hydrogens is 268 g/mol. The predicted molar refractivity (Wildman–Crippen MR) is 83.7 cm³/mol. The van der Waals surface area contributed by atoms with Crippen molar-refractivity contribution in [1.29, 1.82) is 0 Å². The Bertz CT molecular complexity index is 368. The number of nitrogens with two attached hydrogens (primary N) is 1. The van der Waals surface area contributed by atoms with E-state index in [-0.39, 0.29) is 29.8 Å². The van der Waals surface area contributed by atoms with Gasteiger partial charge in [-0.3, -0.25) is 14.5 Å². The van der Waals surface area contributed by atoms with Crippen LogP contribution < -0.4 is 11.1 Å². The molecule has 3 N–H and O–H groups in total. The molecule has 1 heterocycles. The molecule has 0 aliphatic carbocycles. The summed E-state index contributed by atoms with van der Waals surface area (Å²) in [6.45, 7) is 13.5. The molecule has 1 fully saturated rings. The topological polar surface area (TPSA) is 78.7 Å². The zero-order valence-electron chi connectivity index (χ0n) is 14.0. The highest BCUT2D eigenvalue weighted by atomic mass is 16.2. The van der Waals surface area contributed by atoms with Gasteiger partial charge >= 0.3 is 0 Å². The van der Waals surface area contributed by atoms with E-state index in [1.165, 1.54) is 0 Å². The second-order valence-corrected chi connectivity index (χ2v) is 7.03. The van der Waals surface area contributed by atoms with E-state index in [1.54, 1.807) is 0 Å². The van der Waals surface area contributed by atoms with E-state index < -0.39 is 6.04 Å². The first-order chi connectivity index (χ1) is 9.62. The summed E-state index contributed by atoms with van der Waals surface area (Å²) in [6.07, 6.45) is 0. The van der Waals surface area contributed by atoms with Crippen molar-refractivity contribution in [2.75, 3.05) is 32.7 Å². The van der Waals surface area contributed by atoms with Crippen molar-refractivity contribution in [3.05, 3.63) is 0 Å². The van der Waals surface area contributed by atoms with Crippen molar-refractivity contribution in [1.82, 2.24) is 15.1 Å². The van der Waals surface area contributed by atoms with E-state index in [2.05, 4.69) is 31.0 Å². The summed E-state index contributed by atoms with van der Waals surface area (Å²) < 4.78 is 0. The highest BCUT2D eigenvalue weighted by Crippen LogP contribution is 2.15. The Balaban J connectivity index is 2.37. The predicted octanol–water partition coefficient (Wildman–Crippen LogP) is 0.0286. The van der Waals surface area contributed by atoms with Crippen molar-refractivity contribution in [2.45, 2.75) is 46.2 Å². The standard InChI is InChI=1S/C15H30N4O2/c1-11(2)13(16)14(21)17-10-12(20)18-6-8-19(9-7-18)15(3,4)5/h11,13H,6-10,16H2,1-5H3,(H,17,21)/t13-/m0/s1. The maximum absolute atomic E-state index is 12.1. The molecule has 0 bridgehead atoms. The number of hydrogen-bond acceptors (Lipinski definition) is 4. The van der Waals surface area contributed by atoms with Gasteiger partial charge in [-0.05, 0) is 26.7 Å². The molecule has 0 aromatic heterocycles. The first-order valence-corrected chi connectivity index (χ1v) is 7.69. The van der Waals surface area contributed by atoms with Crippen LogP contribution in [0.2, 0.25) is 0 Å². The van der Waals surface area contributed by atoms with Gasteiger partial charge in [0.25, 0.3) is 0 Å². The fourth-order valence-corrected chi connectivity index (χ4v) is 2.32. The molecule has 0 unspecified atom stereocenters. The maximum atomic E-state index is 12.1. The molecule has 21 heavy (non-hydrogen) atoms. The number of nitrogens with zero attached hydrogens (tertiary/aromatic N) is 2. The normalized spacial score (nSPS) is 18.7. The zero-order chi connectivity index (χ0) is 16.2. The number of rotatable bonds is 4. The second kappa shape index (κ2) is 7.22. The van der Waals surface area contributed by atoms with Crippen LogP contribution in [0.5, 0.6) is 0 Å². The molecule has 1 rings (SSSR count). The Morgan fingerprint density at radius 2 is 1.67 bits per heavy atom. The highest BCUT2D eigenvalue weighted by molar-refractivity contribution is 5.87. The third kappa shape index (κ3) is 5.28. The van der Waals surface area contributed by atoms with Crippen molar-refractivity contribution < 1.29 is 9.59 Å². The second-order valence-electron chi connectivity index (χ2n) is 7.03. The molecule has 0 aromatic carbocycles. The molecule has 0 radical (unpaired) electrons. The minimum atomic E-state index is -0.560. The number of amides is 2. The Labute approximate surface area is 128 Å². The van der Waals surface area contributed by atoms with E-state index >= 15 is 0 Å². The number of carbonyl (C=O) groups excluding carboxylic acids is 2. The lowest BCUT2D eigenvalue weighted by molar-refractivity contribution is -0.135. The lowest BCUT2D eigenvalue weighted by Crippen LogP contribution is -2.56. The summed E-state index contributed by atoms with van der Waals surface area (Å²) in [7, 11) is 0. The van der Waals surface area contributed by atoms with Crippen LogP contribution in [0.3, 0.4) is 0 Å². The van der Waals surface area contributed by atoms with Gasteiger partial charge in [0.2, 0.25) is 11.8 Å². The number of carbonyl (C=O) groups is 2. The van der Waals surface area contributed by atoms with Crippen LogP contribution in [-0.2, 0) is 9.59 Å². The van der Waals surface area contributed by atoms with Gasteiger partial charge in [0.15, 0.2) is 0 Å². The smallest absolute Gasteiger partial charge is 0.242 e. The molecule has 2 amide bonds. The molecule has 0 saturated carbocycles. The molecule has 6 nitrogen and oxygen atoms in total. The van der Waals surface area contributed by atoms with Gasteiger partial charge < -0.3 is 16.0 Å². The third-order valence-corrected chi connectivity index (χ3v) is 4.02. The Morgan fingerprint density at radius 3 is 2.10 bits per heavy atom. The van der Waals surface area contributed by atoms with Gasteiger partial charge in [0, 0.05) is 31.7 Å². The van der Waals surface area contributed by atoms with Crippen LogP contribution in [0.1, 0.15) is 34.6 Å². The van der Waals surface area contributed by atoms with Gasteiger partial charge in [0.1, 0.15) is 0 Å². The van der Waals surface area contributed by atoms with Crippen LogP contribution in [-0.4, -0.2) is 65.9 Å². The zero-order valence-corrected chi connectivity index (χ0v) is 14.0. The van der Waals surface area contributed by atoms with Crippen molar-refractivity contribution >= 4 is 11.8 Å². The summed E-state index contributed by atoms with van der Waals surface area (Å²) in [5, 5.41) is 2.63. The van der Waals surface area contributed by atoms with Crippen LogP contribution in [0.15, 0.2) is 0 Å². The molecule has 0 aromatic rings. The number of piperazine rings is 1. The molecule has 6 heteroatoms. The van der Waals surface area contributed by atoms with Gasteiger partial charge in [-0.25, -0.2) is 0 Å². The Kier molecular flexibility index (Phi) is 6.16. The van der Waals surface area contributed by atoms with Gasteiger partial charge in [-0.1, -0.05) is 13.8 Å². The lowest BCUT2D eigenvalue weighted by atomic mass is 10.0. The monoisotopic (exact) mass is 298 g/mol. The fourth-order valence-electron chi connectivity index (χ4n) is 2.32. The molecule has 1 atom stereocenters. The maximum Gasteiger partial charge on any atom is 0.242 e. The average Bonchev–Trinajstić information content (AvgIpc) is 2.42. The first kappa shape index (κ1) is 17.9. The molecule has 122 valence electrons. The van der Waals surface area contributed by atoms with E-state index in [0.29, 0.717) is 13.1 Å². The van der Waals surface area contributed by atoms with Crippen LogP contribution in [0, 0.1) is 5.92 Å². The van der Waals surface area contributed by atoms with Crippen LogP contribution >= 0.6 is 0 Å². The van der Waals surface area contributed by atoms with E-state index in [9.17, 15) is 9.59 Å². The van der Waals surface area contributed by atoms with Crippen molar-refractivity contribution in [3.8, 4) is 0 Å². The molecule has 1 saturated heterocycles. The molecule has 1 aliphatic rings. The van der Waals surface area contributed by atoms with Crippen LogP contribution in [0.25, 0.3) is 0 Å². The van der Waals surface area contributed by atoms with Gasteiger partial charge in [0.05, 0.1) is 12.6 Å². The molecule has 0 spiro atoms. The Morgan fingerprint density at radius 1 is 1.14 bits per heavy atom. The summed E-state index contributed by atoms with van der Waals surface area (Å²) in [5.74, 6) is -0.227. The fraction of sp³-hybridized carbons (Fsp3) is 0.867. The molecular formula is C15H30N4O2. The SMILES string of the molecule is CC(C)[C@H](N)C(=O)NCC(=O)N1CCN(C(C)(C)C)CC1. The number of hydrogen-bond donors (Lipinski definition) is 2. The summed E-state index contributed by atoms with van der Waals surface area (Å²) >= 11 is 0. The Hall–Kier alpha value is -1.14. The van der Waals surface area contributed by atoms with E-state index in [0.717, 1.165) is 13.1 Å². The lowest BCUT2D eigenvalue weighted by Gasteiger charge is -2.42. The van der Waals surface area contributed by atoms with Gasteiger partial charge in [-0.2, -0.15) is 0 Å². The van der Waals surface area contributed by atoms with Crippen molar-refractivity contribution in [3.63, 3.8) is 0 Å². The molecule has 1 aliphatic heterocycles. The quantitative estimate of drug-likeness (QED) is 0.767. The largest absolute Gasteiger partial charge is 0.346 e. The van der Waals surface area contributed by atoms with Gasteiger partial charge in [-0.15, -0.1) is 0 Å². The summed E-state index contributed by atoms with van der Waals surface area (Å²) in [6, 6.07) is -0.560. The highest BCUT2D eigenvalue weighted by Gasteiger charge is 2.28. The number of nitrogens with one attached hydrogen (secondary N) is 1. The minimum absolute atomic E-state index is 0.0344. The summed E-state index contributed by atoms with van der Waals surface area (Å²) in [4.78, 5) is 28.0. The summed E-state index contributed by atoms with van der Waals surface area (Å²) in [5.41, 5.74) is 5.88. The van der Waals surface area contributed by atoms with Crippen LogP contribution in [0.4, 0.5) is 0 Å². The van der Waals surface area contributed by atoms with E-state index in [1.807, 2.05) is 18.7 Å². The average molecular weight is 298 g/mol. The van der Waals surface area contributed by atoms with E-state index in [4.69, 9.17) is 5.73 Å². The first-order valence-electron chi connectivity index (χ1n) is 7.69. The van der Waals surface area contributed by atoms with Crippen molar-refractivity contribution in [2.24, 2.45) is 11.7 Å².